The van der Waals surface area contributed by atoms with Crippen molar-refractivity contribution in [3.05, 3.63) is 70.7 Å². The van der Waals surface area contributed by atoms with Crippen LogP contribution >= 0.6 is 11.8 Å². The number of carbonyl (C=O) groups is 1. The largest absolute Gasteiger partial charge is 0.378 e. The average molecular weight is 374 g/mol. The van der Waals surface area contributed by atoms with Gasteiger partial charge < -0.3 is 5.73 Å². The van der Waals surface area contributed by atoms with Gasteiger partial charge in [-0.05, 0) is 48.2 Å². The number of nitrogens with zero attached hydrogens (tertiary/aromatic N) is 3. The lowest BCUT2D eigenvalue weighted by atomic mass is 9.95. The summed E-state index contributed by atoms with van der Waals surface area (Å²) in [6.45, 7) is 1.88. The van der Waals surface area contributed by atoms with Crippen LogP contribution in [0.5, 0.6) is 0 Å². The second kappa shape index (κ2) is 7.33. The van der Waals surface area contributed by atoms with Crippen LogP contribution in [0, 0.1) is 0 Å². The van der Waals surface area contributed by atoms with E-state index in [-0.39, 0.29) is 23.5 Å². The Morgan fingerprint density at radius 3 is 2.77 bits per heavy atom. The summed E-state index contributed by atoms with van der Waals surface area (Å²) in [7, 11) is 0. The number of nitrogens with two attached hydrogens (primary N) is 1. The van der Waals surface area contributed by atoms with Crippen LogP contribution in [0.1, 0.15) is 40.7 Å². The highest BCUT2D eigenvalue weighted by Gasteiger charge is 2.27. The molecule has 0 amide bonds. The van der Waals surface area contributed by atoms with Crippen molar-refractivity contribution in [3.63, 3.8) is 0 Å². The number of aliphatic imine (C=N–C) groups is 1. The monoisotopic (exact) mass is 374 g/mol. The van der Waals surface area contributed by atoms with Crippen molar-refractivity contribution in [1.29, 1.82) is 0 Å². The lowest BCUT2D eigenvalue weighted by molar-refractivity contribution is 0.0987. The molecule has 3 heterocycles. The zero-order chi connectivity index (χ0) is 18.7. The maximum atomic E-state index is 12.6. The van der Waals surface area contributed by atoms with Crippen LogP contribution in [0.3, 0.4) is 0 Å². The van der Waals surface area contributed by atoms with Gasteiger partial charge in [-0.3, -0.25) is 14.8 Å². The van der Waals surface area contributed by atoms with E-state index in [1.54, 1.807) is 18.3 Å². The fraction of sp³-hybridized carbons (Fsp3) is 0.222. The first kappa shape index (κ1) is 18.2. The fourth-order valence-corrected chi connectivity index (χ4v) is 3.22. The molecule has 5 nitrogen and oxygen atoms in total. The summed E-state index contributed by atoms with van der Waals surface area (Å²) in [6, 6.07) is 6.06. The van der Waals surface area contributed by atoms with Crippen LogP contribution in [0.2, 0.25) is 0 Å². The lowest BCUT2D eigenvalue weighted by Gasteiger charge is -2.24. The molecule has 1 aliphatic heterocycles. The molecule has 134 valence electrons. The first-order chi connectivity index (χ1) is 12.4. The van der Waals surface area contributed by atoms with Gasteiger partial charge in [-0.2, -0.15) is 0 Å². The summed E-state index contributed by atoms with van der Waals surface area (Å²) in [5.41, 5.74) is 6.45. The molecule has 0 spiro atoms. The second-order valence-electron chi connectivity index (χ2n) is 5.94. The van der Waals surface area contributed by atoms with Crippen molar-refractivity contribution >= 4 is 22.7 Å². The molecule has 0 bridgehead atoms. The first-order valence-corrected chi connectivity index (χ1v) is 8.68. The Balaban J connectivity index is 1.79. The molecule has 0 saturated carbocycles. The quantitative estimate of drug-likeness (QED) is 0.808. The topological polar surface area (TPSA) is 81.2 Å². The molecule has 2 aromatic rings. The third kappa shape index (κ3) is 3.96. The number of amidine groups is 1. The number of aromatic nitrogens is 2. The minimum Gasteiger partial charge on any atom is -0.378 e. The molecule has 3 rings (SSSR count). The van der Waals surface area contributed by atoms with E-state index in [2.05, 4.69) is 15.0 Å². The van der Waals surface area contributed by atoms with Gasteiger partial charge in [0.2, 0.25) is 0 Å². The molecular formula is C18H16F2N4OS. The maximum absolute atomic E-state index is 12.6. The SMILES string of the molecule is C[C@@]1(c2cc(CC(=O)c3ccc(C(F)F)cn3)ccn2)C=CSC(N)=N1. The summed E-state index contributed by atoms with van der Waals surface area (Å²) in [5.74, 6) is -0.258. The molecular weight excluding hydrogens is 358 g/mol. The van der Waals surface area contributed by atoms with E-state index in [0.717, 1.165) is 11.8 Å². The Hall–Kier alpha value is -2.61. The highest BCUT2D eigenvalue weighted by molar-refractivity contribution is 8.16. The van der Waals surface area contributed by atoms with E-state index in [1.165, 1.54) is 23.9 Å². The number of hydrogen-bond acceptors (Lipinski definition) is 6. The molecule has 26 heavy (non-hydrogen) atoms. The minimum atomic E-state index is -2.61. The van der Waals surface area contributed by atoms with Crippen LogP contribution in [0.15, 0.2) is 53.1 Å². The van der Waals surface area contributed by atoms with Gasteiger partial charge in [-0.25, -0.2) is 13.8 Å². The molecule has 1 atom stereocenters. The Kier molecular flexibility index (Phi) is 5.13. The number of carbonyl (C=O) groups excluding carboxylic acids is 1. The predicted molar refractivity (Wildman–Crippen MR) is 97.2 cm³/mol. The van der Waals surface area contributed by atoms with Gasteiger partial charge >= 0.3 is 0 Å². The summed E-state index contributed by atoms with van der Waals surface area (Å²) in [4.78, 5) is 25.0. The van der Waals surface area contributed by atoms with Gasteiger partial charge in [0.25, 0.3) is 6.43 Å². The normalized spacial score (nSPS) is 19.5. The zero-order valence-corrected chi connectivity index (χ0v) is 14.7. The lowest BCUT2D eigenvalue weighted by Crippen LogP contribution is -2.24. The highest BCUT2D eigenvalue weighted by atomic mass is 32.2. The molecule has 8 heteroatoms. The van der Waals surface area contributed by atoms with Crippen molar-refractivity contribution in [2.45, 2.75) is 25.3 Å². The average Bonchev–Trinajstić information content (AvgIpc) is 2.62. The van der Waals surface area contributed by atoms with Crippen molar-refractivity contribution < 1.29 is 13.6 Å². The Bertz CT molecular complexity index is 883. The number of Topliss-reactive ketones (excluding diaryl/α,β-unsaturated/α-hetero) is 1. The van der Waals surface area contributed by atoms with Gasteiger partial charge in [0.1, 0.15) is 11.2 Å². The third-order valence-electron chi connectivity index (χ3n) is 3.96. The number of rotatable bonds is 5. The van der Waals surface area contributed by atoms with Gasteiger partial charge in [0.05, 0.1) is 5.69 Å². The molecule has 0 fully saturated rings. The van der Waals surface area contributed by atoms with E-state index in [1.807, 2.05) is 18.4 Å². The molecule has 2 aromatic heterocycles. The number of pyridine rings is 2. The van der Waals surface area contributed by atoms with Crippen LogP contribution in [-0.2, 0) is 12.0 Å². The van der Waals surface area contributed by atoms with E-state index in [0.29, 0.717) is 10.9 Å². The molecule has 0 saturated heterocycles. The number of hydrogen-bond donors (Lipinski definition) is 1. The summed E-state index contributed by atoms with van der Waals surface area (Å²) in [5, 5.41) is 2.30. The van der Waals surface area contributed by atoms with E-state index >= 15 is 0 Å². The van der Waals surface area contributed by atoms with Crippen molar-refractivity contribution in [2.24, 2.45) is 10.7 Å². The number of alkyl halides is 2. The van der Waals surface area contributed by atoms with Crippen molar-refractivity contribution in [2.75, 3.05) is 0 Å². The summed E-state index contributed by atoms with van der Waals surface area (Å²) < 4.78 is 25.1. The predicted octanol–water partition coefficient (Wildman–Crippen LogP) is 3.63. The smallest absolute Gasteiger partial charge is 0.265 e. The fourth-order valence-electron chi connectivity index (χ4n) is 2.51. The van der Waals surface area contributed by atoms with Gasteiger partial charge in [-0.15, -0.1) is 0 Å². The van der Waals surface area contributed by atoms with E-state index in [4.69, 9.17) is 5.73 Å². The van der Waals surface area contributed by atoms with Crippen molar-refractivity contribution in [3.8, 4) is 0 Å². The van der Waals surface area contributed by atoms with E-state index in [9.17, 15) is 13.6 Å². The van der Waals surface area contributed by atoms with Crippen molar-refractivity contribution in [1.82, 2.24) is 9.97 Å². The molecule has 1 aliphatic rings. The number of ketones is 1. The molecule has 0 radical (unpaired) electrons. The highest BCUT2D eigenvalue weighted by Crippen LogP contribution is 2.31. The minimum absolute atomic E-state index is 0.0876. The van der Waals surface area contributed by atoms with Crippen LogP contribution in [0.25, 0.3) is 0 Å². The van der Waals surface area contributed by atoms with Crippen LogP contribution < -0.4 is 5.73 Å². The Morgan fingerprint density at radius 2 is 2.12 bits per heavy atom. The van der Waals surface area contributed by atoms with Gasteiger partial charge in [0, 0.05) is 24.4 Å². The van der Waals surface area contributed by atoms with Crippen LogP contribution in [-0.4, -0.2) is 20.9 Å². The third-order valence-corrected chi connectivity index (χ3v) is 4.56. The Morgan fingerprint density at radius 1 is 1.31 bits per heavy atom. The van der Waals surface area contributed by atoms with E-state index < -0.39 is 12.0 Å². The standard InChI is InChI=1S/C18H16F2N4OS/c1-18(5-7-26-17(21)24-18)15-9-11(4-6-22-15)8-14(25)13-3-2-12(10-23-13)16(19)20/h2-7,9-10,16H,8H2,1H3,(H2,21,24)/t18-/m0/s1. The summed E-state index contributed by atoms with van der Waals surface area (Å²) in [6.07, 6.45) is 2.01. The first-order valence-electron chi connectivity index (χ1n) is 7.80. The summed E-state index contributed by atoms with van der Waals surface area (Å²) >= 11 is 1.33. The maximum Gasteiger partial charge on any atom is 0.265 e. The van der Waals surface area contributed by atoms with Gasteiger partial charge in [0.15, 0.2) is 11.0 Å². The second-order valence-corrected chi connectivity index (χ2v) is 6.87. The molecule has 0 aliphatic carbocycles. The molecule has 2 N–H and O–H groups in total. The molecule has 0 unspecified atom stereocenters. The zero-order valence-electron chi connectivity index (χ0n) is 13.9. The van der Waals surface area contributed by atoms with Crippen LogP contribution in [0.4, 0.5) is 8.78 Å². The number of halogens is 2. The Labute approximate surface area is 153 Å². The van der Waals surface area contributed by atoms with Gasteiger partial charge in [-0.1, -0.05) is 11.8 Å². The molecule has 0 aromatic carbocycles. The number of thioether (sulfide) groups is 1.